The molecule has 0 radical (unpaired) electrons. The summed E-state index contributed by atoms with van der Waals surface area (Å²) in [6, 6.07) is 15.6. The van der Waals surface area contributed by atoms with Gasteiger partial charge >= 0.3 is 0 Å². The van der Waals surface area contributed by atoms with E-state index < -0.39 is 0 Å². The lowest BCUT2D eigenvalue weighted by atomic mass is 9.92. The second-order valence-corrected chi connectivity index (χ2v) is 9.18. The maximum Gasteiger partial charge on any atom is 0.292 e. The maximum atomic E-state index is 13.5. The normalized spacial score (nSPS) is 14.1. The van der Waals surface area contributed by atoms with E-state index in [9.17, 15) is 4.79 Å². The molecule has 36 heavy (non-hydrogen) atoms. The maximum absolute atomic E-state index is 13.5. The number of nitrogens with two attached hydrogens (primary N) is 2. The monoisotopic (exact) mass is 478 g/mol. The fourth-order valence-corrected chi connectivity index (χ4v) is 5.08. The molecule has 4 heterocycles. The van der Waals surface area contributed by atoms with Crippen molar-refractivity contribution in [3.8, 4) is 11.3 Å². The van der Waals surface area contributed by atoms with E-state index in [-0.39, 0.29) is 17.6 Å². The third-order valence-corrected chi connectivity index (χ3v) is 7.03. The van der Waals surface area contributed by atoms with Gasteiger partial charge in [-0.05, 0) is 55.0 Å². The Morgan fingerprint density at radius 2 is 1.92 bits per heavy atom. The molecule has 6 aromatic rings. The zero-order chi connectivity index (χ0) is 24.4. The van der Waals surface area contributed by atoms with Gasteiger partial charge in [0.25, 0.3) is 11.6 Å². The molecule has 1 saturated carbocycles. The van der Waals surface area contributed by atoms with Gasteiger partial charge in [0.15, 0.2) is 11.2 Å². The second kappa shape index (κ2) is 7.64. The summed E-state index contributed by atoms with van der Waals surface area (Å²) >= 11 is 0. The Labute approximate surface area is 204 Å². The zero-order valence-corrected chi connectivity index (χ0v) is 19.3. The lowest BCUT2D eigenvalue weighted by molar-refractivity contribution is 0.298. The highest BCUT2D eigenvalue weighted by Gasteiger charge is 2.25. The predicted octanol–water partition coefficient (Wildman–Crippen LogP) is 3.89. The Hall–Kier alpha value is -4.73. The minimum atomic E-state index is 0.0349. The van der Waals surface area contributed by atoms with E-state index in [2.05, 4.69) is 21.0 Å². The van der Waals surface area contributed by atoms with Gasteiger partial charge in [0.2, 0.25) is 0 Å². The summed E-state index contributed by atoms with van der Waals surface area (Å²) in [5, 5.41) is 7.20. The number of fused-ring (bicyclic) bond motifs is 3. The Morgan fingerprint density at radius 3 is 2.75 bits per heavy atom. The number of hydrogen-bond donors (Lipinski definition) is 2. The number of benzene rings is 2. The van der Waals surface area contributed by atoms with Crippen LogP contribution in [0.3, 0.4) is 0 Å². The zero-order valence-electron chi connectivity index (χ0n) is 19.3. The molecule has 10 nitrogen and oxygen atoms in total. The first-order chi connectivity index (χ1) is 17.6. The SMILES string of the molecule is Nc1nc2cc(-c3nn(Cc4cc5ccccc5c(=O)n4C4CCC4)c4ncnc(N)c34)ccc2o1. The van der Waals surface area contributed by atoms with Gasteiger partial charge in [0.1, 0.15) is 23.4 Å². The minimum Gasteiger partial charge on any atom is -0.424 e. The fraction of sp³-hybridized carbons (Fsp3) is 0.192. The van der Waals surface area contributed by atoms with Gasteiger partial charge in [-0.25, -0.2) is 14.6 Å². The van der Waals surface area contributed by atoms with Gasteiger partial charge in [-0.2, -0.15) is 10.1 Å². The van der Waals surface area contributed by atoms with Crippen LogP contribution in [-0.2, 0) is 6.54 Å². The van der Waals surface area contributed by atoms with Crippen LogP contribution in [0.5, 0.6) is 0 Å². The summed E-state index contributed by atoms with van der Waals surface area (Å²) in [6.07, 6.45) is 4.54. The molecule has 4 N–H and O–H groups in total. The Balaban J connectivity index is 1.42. The van der Waals surface area contributed by atoms with Gasteiger partial charge in [0.05, 0.1) is 11.9 Å². The Bertz CT molecular complexity index is 1860. The molecule has 1 fully saturated rings. The number of hydrogen-bond acceptors (Lipinski definition) is 8. The van der Waals surface area contributed by atoms with Crippen molar-refractivity contribution in [1.29, 1.82) is 0 Å². The molecule has 0 aliphatic heterocycles. The van der Waals surface area contributed by atoms with E-state index in [0.29, 0.717) is 40.2 Å². The molecule has 2 aromatic carbocycles. The van der Waals surface area contributed by atoms with Crippen LogP contribution in [0.2, 0.25) is 0 Å². The highest BCUT2D eigenvalue weighted by molar-refractivity contribution is 5.99. The number of anilines is 2. The smallest absolute Gasteiger partial charge is 0.292 e. The van der Waals surface area contributed by atoms with E-state index in [4.69, 9.17) is 21.0 Å². The van der Waals surface area contributed by atoms with E-state index in [1.165, 1.54) is 6.33 Å². The van der Waals surface area contributed by atoms with E-state index in [1.807, 2.05) is 41.0 Å². The van der Waals surface area contributed by atoms with Crippen molar-refractivity contribution in [2.45, 2.75) is 31.8 Å². The number of pyridine rings is 1. The van der Waals surface area contributed by atoms with E-state index >= 15 is 0 Å². The number of rotatable bonds is 4. The summed E-state index contributed by atoms with van der Waals surface area (Å²) in [5.74, 6) is 0.330. The van der Waals surface area contributed by atoms with Crippen molar-refractivity contribution in [1.82, 2.24) is 29.3 Å². The molecule has 0 unspecified atom stereocenters. The average Bonchev–Trinajstić information content (AvgIpc) is 3.40. The van der Waals surface area contributed by atoms with Crippen LogP contribution in [0.15, 0.2) is 64.1 Å². The van der Waals surface area contributed by atoms with Gasteiger partial charge in [0, 0.05) is 22.7 Å². The number of nitrogen functional groups attached to an aromatic ring is 2. The van der Waals surface area contributed by atoms with Gasteiger partial charge in [-0.1, -0.05) is 18.2 Å². The van der Waals surface area contributed by atoms with Crippen LogP contribution in [0.25, 0.3) is 44.2 Å². The lowest BCUT2D eigenvalue weighted by Crippen LogP contribution is -2.32. The van der Waals surface area contributed by atoms with Crippen molar-refractivity contribution in [3.05, 3.63) is 70.9 Å². The Kier molecular flexibility index (Phi) is 4.38. The molecule has 10 heteroatoms. The molecular weight excluding hydrogens is 456 g/mol. The summed E-state index contributed by atoms with van der Waals surface area (Å²) in [4.78, 5) is 26.5. The summed E-state index contributed by atoms with van der Waals surface area (Å²) in [6.45, 7) is 0.364. The second-order valence-electron chi connectivity index (χ2n) is 9.18. The van der Waals surface area contributed by atoms with Gasteiger partial charge in [-0.3, -0.25) is 4.79 Å². The van der Waals surface area contributed by atoms with Crippen molar-refractivity contribution >= 4 is 44.7 Å². The number of nitrogens with zero attached hydrogens (tertiary/aromatic N) is 6. The third-order valence-electron chi connectivity index (χ3n) is 7.03. The van der Waals surface area contributed by atoms with Crippen molar-refractivity contribution in [3.63, 3.8) is 0 Å². The lowest BCUT2D eigenvalue weighted by Gasteiger charge is -2.30. The quantitative estimate of drug-likeness (QED) is 0.388. The van der Waals surface area contributed by atoms with Crippen LogP contribution in [0, 0.1) is 0 Å². The topological polar surface area (TPSA) is 144 Å². The van der Waals surface area contributed by atoms with E-state index in [0.717, 1.165) is 41.3 Å². The Morgan fingerprint density at radius 1 is 1.06 bits per heavy atom. The molecule has 1 aliphatic carbocycles. The largest absolute Gasteiger partial charge is 0.424 e. The van der Waals surface area contributed by atoms with Crippen LogP contribution in [0.1, 0.15) is 31.0 Å². The summed E-state index contributed by atoms with van der Waals surface area (Å²) in [7, 11) is 0. The molecule has 0 saturated heterocycles. The van der Waals surface area contributed by atoms with Crippen molar-refractivity contribution in [2.75, 3.05) is 11.5 Å². The number of aromatic nitrogens is 6. The van der Waals surface area contributed by atoms with Crippen LogP contribution in [-0.4, -0.2) is 29.3 Å². The van der Waals surface area contributed by atoms with Crippen LogP contribution < -0.4 is 17.0 Å². The molecule has 7 rings (SSSR count). The molecule has 1 aliphatic rings. The molecule has 0 bridgehead atoms. The van der Waals surface area contributed by atoms with Crippen molar-refractivity contribution in [2.24, 2.45) is 0 Å². The summed E-state index contributed by atoms with van der Waals surface area (Å²) < 4.78 is 9.14. The van der Waals surface area contributed by atoms with Gasteiger partial charge < -0.3 is 20.5 Å². The highest BCUT2D eigenvalue weighted by Crippen LogP contribution is 2.35. The molecular formula is C26H22N8O2. The molecule has 0 atom stereocenters. The average molecular weight is 479 g/mol. The standard InChI is InChI=1S/C26H22N8O2/c27-23-21-22(15-8-9-20-19(11-15)31-26(28)36-20)32-33(24(21)30-13-29-23)12-17-10-14-4-1-2-7-18(14)25(35)34(17)16-5-3-6-16/h1-2,4,7-11,13,16H,3,5-6,12H2,(H2,28,31)(H2,27,29,30). The molecule has 0 spiro atoms. The molecule has 0 amide bonds. The third kappa shape index (κ3) is 3.07. The predicted molar refractivity (Wildman–Crippen MR) is 137 cm³/mol. The molecule has 4 aromatic heterocycles. The minimum absolute atomic E-state index is 0.0349. The van der Waals surface area contributed by atoms with Crippen LogP contribution in [0.4, 0.5) is 11.8 Å². The highest BCUT2D eigenvalue weighted by atomic mass is 16.4. The number of oxazole rings is 1. The van der Waals surface area contributed by atoms with Crippen molar-refractivity contribution < 1.29 is 4.42 Å². The fourth-order valence-electron chi connectivity index (χ4n) is 5.08. The first-order valence-electron chi connectivity index (χ1n) is 11.8. The molecule has 178 valence electrons. The van der Waals surface area contributed by atoms with Gasteiger partial charge in [-0.15, -0.1) is 0 Å². The van der Waals surface area contributed by atoms with E-state index in [1.54, 1.807) is 10.7 Å². The van der Waals surface area contributed by atoms with Crippen LogP contribution >= 0.6 is 0 Å². The first-order valence-corrected chi connectivity index (χ1v) is 11.8. The first kappa shape index (κ1) is 20.6. The summed E-state index contributed by atoms with van der Waals surface area (Å²) in [5.41, 5.74) is 16.2.